The van der Waals surface area contributed by atoms with Crippen LogP contribution >= 0.6 is 0 Å². The van der Waals surface area contributed by atoms with Gasteiger partial charge in [0.05, 0.1) is 12.2 Å². The Morgan fingerprint density at radius 3 is 2.93 bits per heavy atom. The third kappa shape index (κ3) is 1.51. The highest BCUT2D eigenvalue weighted by molar-refractivity contribution is 5.81. The van der Waals surface area contributed by atoms with Gasteiger partial charge in [-0.25, -0.2) is 0 Å². The summed E-state index contributed by atoms with van der Waals surface area (Å²) >= 11 is 0. The molecule has 4 nitrogen and oxygen atoms in total. The molecule has 15 heavy (non-hydrogen) atoms. The van der Waals surface area contributed by atoms with E-state index in [1.165, 1.54) is 6.42 Å². The summed E-state index contributed by atoms with van der Waals surface area (Å²) < 4.78 is 0. The summed E-state index contributed by atoms with van der Waals surface area (Å²) in [5, 5.41) is 10.5. The highest BCUT2D eigenvalue weighted by Gasteiger charge is 2.49. The molecule has 3 aliphatic rings. The van der Waals surface area contributed by atoms with Crippen LogP contribution in [0.2, 0.25) is 0 Å². The van der Waals surface area contributed by atoms with Crippen molar-refractivity contribution >= 4 is 5.78 Å². The van der Waals surface area contributed by atoms with Crippen LogP contribution in [0.1, 0.15) is 19.8 Å². The smallest absolute Gasteiger partial charge is 0.146 e. The van der Waals surface area contributed by atoms with Crippen molar-refractivity contribution in [2.24, 2.45) is 11.8 Å². The summed E-state index contributed by atoms with van der Waals surface area (Å²) in [6.45, 7) is 3.93. The number of Topliss-reactive ketones (excluding diaryl/α,β-unsaturated/α-hetero) is 1. The molecule has 0 aromatic carbocycles. The van der Waals surface area contributed by atoms with Crippen LogP contribution in [-0.4, -0.2) is 37.1 Å². The lowest BCUT2D eigenvalue weighted by Gasteiger charge is -2.29. The molecule has 0 aromatic heterocycles. The zero-order valence-corrected chi connectivity index (χ0v) is 9.12. The highest BCUT2D eigenvalue weighted by atomic mass is 16.1. The molecule has 3 saturated heterocycles. The Balaban J connectivity index is 1.72. The zero-order chi connectivity index (χ0) is 10.4. The quantitative estimate of drug-likeness (QED) is 0.543. The molecule has 84 valence electrons. The van der Waals surface area contributed by atoms with E-state index < -0.39 is 0 Å². The Hall–Kier alpha value is -0.450. The molecule has 3 aliphatic heterocycles. The van der Waals surface area contributed by atoms with Gasteiger partial charge in [-0.2, -0.15) is 0 Å². The molecule has 0 radical (unpaired) electrons. The predicted molar refractivity (Wildman–Crippen MR) is 57.4 cm³/mol. The van der Waals surface area contributed by atoms with Crippen molar-refractivity contribution in [2.75, 3.05) is 13.1 Å². The van der Waals surface area contributed by atoms with Gasteiger partial charge in [0.15, 0.2) is 0 Å². The summed E-state index contributed by atoms with van der Waals surface area (Å²) in [5.41, 5.74) is 0. The first-order chi connectivity index (χ1) is 7.25. The summed E-state index contributed by atoms with van der Waals surface area (Å²) in [5.74, 6) is 1.66. The Morgan fingerprint density at radius 2 is 2.13 bits per heavy atom. The van der Waals surface area contributed by atoms with Crippen LogP contribution in [0.25, 0.3) is 0 Å². The SMILES string of the molecule is CC(=O)C1CC2C(N1)NC1CCNCC12. The first-order valence-corrected chi connectivity index (χ1v) is 5.99. The van der Waals surface area contributed by atoms with Gasteiger partial charge in [0, 0.05) is 6.04 Å². The molecule has 3 fully saturated rings. The van der Waals surface area contributed by atoms with Gasteiger partial charge in [-0.05, 0) is 44.7 Å². The number of carbonyl (C=O) groups is 1. The Bertz CT molecular complexity index is 281. The minimum absolute atomic E-state index is 0.0929. The number of nitrogens with one attached hydrogen (secondary N) is 3. The van der Waals surface area contributed by atoms with Gasteiger partial charge in [-0.1, -0.05) is 0 Å². The van der Waals surface area contributed by atoms with Crippen LogP contribution < -0.4 is 16.0 Å². The molecule has 5 unspecified atom stereocenters. The number of piperidine rings is 1. The van der Waals surface area contributed by atoms with E-state index in [1.54, 1.807) is 6.92 Å². The van der Waals surface area contributed by atoms with Gasteiger partial charge in [-0.3, -0.25) is 15.4 Å². The lowest BCUT2D eigenvalue weighted by atomic mass is 9.84. The molecule has 3 heterocycles. The van der Waals surface area contributed by atoms with Crippen molar-refractivity contribution < 1.29 is 4.79 Å². The monoisotopic (exact) mass is 209 g/mol. The van der Waals surface area contributed by atoms with E-state index in [0.717, 1.165) is 25.4 Å². The molecule has 0 bridgehead atoms. The van der Waals surface area contributed by atoms with Crippen LogP contribution in [-0.2, 0) is 4.79 Å². The van der Waals surface area contributed by atoms with Gasteiger partial charge >= 0.3 is 0 Å². The second kappa shape index (κ2) is 3.54. The molecular weight excluding hydrogens is 190 g/mol. The first-order valence-electron chi connectivity index (χ1n) is 5.99. The summed E-state index contributed by atoms with van der Waals surface area (Å²) in [4.78, 5) is 11.3. The van der Waals surface area contributed by atoms with Crippen molar-refractivity contribution in [3.05, 3.63) is 0 Å². The van der Waals surface area contributed by atoms with E-state index in [4.69, 9.17) is 0 Å². The van der Waals surface area contributed by atoms with Crippen LogP contribution in [0.4, 0.5) is 0 Å². The van der Waals surface area contributed by atoms with Gasteiger partial charge in [0.1, 0.15) is 5.78 Å². The van der Waals surface area contributed by atoms with Crippen LogP contribution in [0.5, 0.6) is 0 Å². The maximum Gasteiger partial charge on any atom is 0.146 e. The Labute approximate surface area is 90.2 Å². The van der Waals surface area contributed by atoms with Crippen molar-refractivity contribution in [3.63, 3.8) is 0 Å². The molecular formula is C11H19N3O. The number of ketones is 1. The topological polar surface area (TPSA) is 53.2 Å². The van der Waals surface area contributed by atoms with Crippen molar-refractivity contribution in [3.8, 4) is 0 Å². The van der Waals surface area contributed by atoms with Crippen LogP contribution in [0.15, 0.2) is 0 Å². The molecule has 0 aromatic rings. The summed E-state index contributed by atoms with van der Waals surface area (Å²) in [6.07, 6.45) is 2.63. The van der Waals surface area contributed by atoms with E-state index in [0.29, 0.717) is 18.1 Å². The Kier molecular flexibility index (Phi) is 2.30. The van der Waals surface area contributed by atoms with Crippen LogP contribution in [0, 0.1) is 11.8 Å². The third-order valence-corrected chi connectivity index (χ3v) is 4.28. The lowest BCUT2D eigenvalue weighted by Crippen LogP contribution is -2.47. The average Bonchev–Trinajstić information content (AvgIpc) is 2.73. The normalized spacial score (nSPS) is 48.7. The number of rotatable bonds is 1. The van der Waals surface area contributed by atoms with Crippen molar-refractivity contribution in [1.82, 2.24) is 16.0 Å². The van der Waals surface area contributed by atoms with Crippen molar-refractivity contribution in [1.29, 1.82) is 0 Å². The first kappa shape index (κ1) is 9.75. The molecule has 0 amide bonds. The van der Waals surface area contributed by atoms with Gasteiger partial charge in [0.25, 0.3) is 0 Å². The molecule has 0 aliphatic carbocycles. The van der Waals surface area contributed by atoms with Crippen molar-refractivity contribution in [2.45, 2.75) is 38.0 Å². The van der Waals surface area contributed by atoms with E-state index >= 15 is 0 Å². The second-order valence-corrected chi connectivity index (χ2v) is 5.14. The van der Waals surface area contributed by atoms with Gasteiger partial charge < -0.3 is 5.32 Å². The van der Waals surface area contributed by atoms with E-state index in [-0.39, 0.29) is 11.8 Å². The third-order valence-electron chi connectivity index (χ3n) is 4.28. The highest BCUT2D eigenvalue weighted by Crippen LogP contribution is 2.36. The standard InChI is InChI=1S/C11H19N3O/c1-6(15)10-4-7-8-5-12-3-2-9(8)13-11(7)14-10/h7-14H,2-5H2,1H3. The molecule has 0 saturated carbocycles. The number of fused-ring (bicyclic) bond motifs is 3. The fraction of sp³-hybridized carbons (Fsp3) is 0.909. The predicted octanol–water partition coefficient (Wildman–Crippen LogP) is -0.539. The van der Waals surface area contributed by atoms with Gasteiger partial charge in [0.2, 0.25) is 0 Å². The number of carbonyl (C=O) groups excluding carboxylic acids is 1. The maximum atomic E-state index is 11.3. The number of hydrogen-bond donors (Lipinski definition) is 3. The fourth-order valence-electron chi connectivity index (χ4n) is 3.46. The molecule has 5 atom stereocenters. The zero-order valence-electron chi connectivity index (χ0n) is 9.12. The van der Waals surface area contributed by atoms with Gasteiger partial charge in [-0.15, -0.1) is 0 Å². The van der Waals surface area contributed by atoms with E-state index in [9.17, 15) is 4.79 Å². The summed E-state index contributed by atoms with van der Waals surface area (Å²) in [6, 6.07) is 0.761. The van der Waals surface area contributed by atoms with Crippen LogP contribution in [0.3, 0.4) is 0 Å². The second-order valence-electron chi connectivity index (χ2n) is 5.14. The minimum atomic E-state index is 0.0929. The Morgan fingerprint density at radius 1 is 1.27 bits per heavy atom. The van der Waals surface area contributed by atoms with E-state index in [2.05, 4.69) is 16.0 Å². The molecule has 4 heteroatoms. The lowest BCUT2D eigenvalue weighted by molar-refractivity contribution is -0.118. The molecule has 3 rings (SSSR count). The maximum absolute atomic E-state index is 11.3. The molecule has 0 spiro atoms. The largest absolute Gasteiger partial charge is 0.316 e. The fourth-order valence-corrected chi connectivity index (χ4v) is 3.46. The number of hydrogen-bond acceptors (Lipinski definition) is 4. The summed E-state index contributed by atoms with van der Waals surface area (Å²) in [7, 11) is 0. The minimum Gasteiger partial charge on any atom is -0.316 e. The van der Waals surface area contributed by atoms with E-state index in [1.807, 2.05) is 0 Å². The average molecular weight is 209 g/mol. The molecule has 3 N–H and O–H groups in total.